The lowest BCUT2D eigenvalue weighted by Gasteiger charge is -2.22. The fourth-order valence-electron chi connectivity index (χ4n) is 1.99. The molecule has 2 heterocycles. The molecule has 5 nitrogen and oxygen atoms in total. The summed E-state index contributed by atoms with van der Waals surface area (Å²) in [4.78, 5) is 0. The van der Waals surface area contributed by atoms with Crippen molar-refractivity contribution in [3.8, 4) is 0 Å². The maximum atomic E-state index is 5.63. The molecule has 0 aliphatic carbocycles. The average molecular weight is 222 g/mol. The highest BCUT2D eigenvalue weighted by molar-refractivity contribution is 5.29. The number of ether oxygens (including phenoxy) is 1. The van der Waals surface area contributed by atoms with Crippen LogP contribution in [0, 0.1) is 6.92 Å². The van der Waals surface area contributed by atoms with Gasteiger partial charge in [-0.3, -0.25) is 10.5 Å². The SMILES string of the molecule is Cc1c(C(NN)C2=COCCC2)cnn1C. The van der Waals surface area contributed by atoms with Gasteiger partial charge >= 0.3 is 0 Å². The monoisotopic (exact) mass is 222 g/mol. The molecule has 0 aromatic carbocycles. The molecule has 16 heavy (non-hydrogen) atoms. The van der Waals surface area contributed by atoms with E-state index in [0.717, 1.165) is 30.7 Å². The molecule has 1 aromatic heterocycles. The van der Waals surface area contributed by atoms with E-state index in [-0.39, 0.29) is 6.04 Å². The summed E-state index contributed by atoms with van der Waals surface area (Å²) >= 11 is 0. The zero-order valence-corrected chi connectivity index (χ0v) is 9.73. The summed E-state index contributed by atoms with van der Waals surface area (Å²) in [5.74, 6) is 5.63. The molecule has 0 fully saturated rings. The molecule has 1 atom stereocenters. The van der Waals surface area contributed by atoms with Crippen LogP contribution in [0.1, 0.15) is 30.1 Å². The molecule has 0 radical (unpaired) electrons. The Morgan fingerprint density at radius 2 is 2.44 bits per heavy atom. The van der Waals surface area contributed by atoms with Crippen LogP contribution in [0.3, 0.4) is 0 Å². The lowest BCUT2D eigenvalue weighted by atomic mass is 9.96. The number of nitrogens with two attached hydrogens (primary N) is 1. The topological polar surface area (TPSA) is 65.1 Å². The molecule has 1 aliphatic rings. The van der Waals surface area contributed by atoms with Gasteiger partial charge in [0.15, 0.2) is 0 Å². The highest BCUT2D eigenvalue weighted by atomic mass is 16.5. The van der Waals surface area contributed by atoms with Gasteiger partial charge in [0.05, 0.1) is 25.1 Å². The summed E-state index contributed by atoms with van der Waals surface area (Å²) in [5.41, 5.74) is 6.26. The van der Waals surface area contributed by atoms with Gasteiger partial charge in [-0.05, 0) is 25.3 Å². The number of rotatable bonds is 3. The first-order valence-electron chi connectivity index (χ1n) is 5.49. The van der Waals surface area contributed by atoms with Crippen LogP contribution in [0.2, 0.25) is 0 Å². The van der Waals surface area contributed by atoms with Crippen LogP contribution >= 0.6 is 0 Å². The molecule has 1 unspecified atom stereocenters. The Balaban J connectivity index is 2.28. The lowest BCUT2D eigenvalue weighted by Crippen LogP contribution is -2.30. The number of hydrogen-bond acceptors (Lipinski definition) is 4. The second kappa shape index (κ2) is 4.67. The molecular weight excluding hydrogens is 204 g/mol. The van der Waals surface area contributed by atoms with Gasteiger partial charge < -0.3 is 4.74 Å². The van der Waals surface area contributed by atoms with Crippen molar-refractivity contribution < 1.29 is 4.74 Å². The van der Waals surface area contributed by atoms with Gasteiger partial charge in [0.2, 0.25) is 0 Å². The van der Waals surface area contributed by atoms with E-state index < -0.39 is 0 Å². The van der Waals surface area contributed by atoms with E-state index in [9.17, 15) is 0 Å². The molecule has 88 valence electrons. The molecule has 0 saturated carbocycles. The Morgan fingerprint density at radius 1 is 1.62 bits per heavy atom. The van der Waals surface area contributed by atoms with Crippen LogP contribution < -0.4 is 11.3 Å². The molecule has 1 aromatic rings. The number of hydrazine groups is 1. The first kappa shape index (κ1) is 11.2. The highest BCUT2D eigenvalue weighted by Crippen LogP contribution is 2.28. The summed E-state index contributed by atoms with van der Waals surface area (Å²) in [6.07, 6.45) is 5.74. The second-order valence-corrected chi connectivity index (χ2v) is 4.08. The third kappa shape index (κ3) is 1.96. The van der Waals surface area contributed by atoms with E-state index in [1.807, 2.05) is 31.1 Å². The van der Waals surface area contributed by atoms with Crippen LogP contribution in [0.15, 0.2) is 18.0 Å². The van der Waals surface area contributed by atoms with E-state index in [0.29, 0.717) is 0 Å². The van der Waals surface area contributed by atoms with Crippen LogP contribution in [0.4, 0.5) is 0 Å². The van der Waals surface area contributed by atoms with E-state index in [1.165, 1.54) is 5.57 Å². The number of hydrogen-bond donors (Lipinski definition) is 2. The third-order valence-corrected chi connectivity index (χ3v) is 3.08. The number of nitrogens with zero attached hydrogens (tertiary/aromatic N) is 2. The Hall–Kier alpha value is -1.33. The number of aryl methyl sites for hydroxylation is 1. The average Bonchev–Trinajstić information content (AvgIpc) is 2.64. The number of aromatic nitrogens is 2. The molecule has 0 spiro atoms. The Kier molecular flexibility index (Phi) is 3.26. The van der Waals surface area contributed by atoms with Gasteiger partial charge in [0.25, 0.3) is 0 Å². The van der Waals surface area contributed by atoms with E-state index in [2.05, 4.69) is 10.5 Å². The smallest absolute Gasteiger partial charge is 0.0876 e. The Bertz CT molecular complexity index is 397. The molecule has 2 rings (SSSR count). The molecule has 5 heteroatoms. The van der Waals surface area contributed by atoms with Crippen molar-refractivity contribution in [3.05, 3.63) is 29.3 Å². The molecule has 0 amide bonds. The van der Waals surface area contributed by atoms with E-state index in [1.54, 1.807) is 0 Å². The van der Waals surface area contributed by atoms with Gasteiger partial charge in [-0.15, -0.1) is 0 Å². The van der Waals surface area contributed by atoms with Crippen LogP contribution in [0.25, 0.3) is 0 Å². The molecule has 1 aliphatic heterocycles. The maximum absolute atomic E-state index is 5.63. The van der Waals surface area contributed by atoms with Crippen molar-refractivity contribution in [1.29, 1.82) is 0 Å². The van der Waals surface area contributed by atoms with Crippen LogP contribution in [-0.4, -0.2) is 16.4 Å². The van der Waals surface area contributed by atoms with E-state index in [4.69, 9.17) is 10.6 Å². The van der Waals surface area contributed by atoms with Crippen molar-refractivity contribution in [3.63, 3.8) is 0 Å². The van der Waals surface area contributed by atoms with Crippen molar-refractivity contribution in [2.24, 2.45) is 12.9 Å². The van der Waals surface area contributed by atoms with Gasteiger partial charge in [0, 0.05) is 18.3 Å². The minimum atomic E-state index is 0.00833. The standard InChI is InChI=1S/C11H18N4O/c1-8-10(6-13-15(8)2)11(14-12)9-4-3-5-16-7-9/h6-7,11,14H,3-5,12H2,1-2H3. The predicted molar refractivity (Wildman–Crippen MR) is 61.3 cm³/mol. The summed E-state index contributed by atoms with van der Waals surface area (Å²) in [5, 5.41) is 4.23. The third-order valence-electron chi connectivity index (χ3n) is 3.08. The van der Waals surface area contributed by atoms with Crippen LogP contribution in [0.5, 0.6) is 0 Å². The quantitative estimate of drug-likeness (QED) is 0.590. The number of nitrogens with one attached hydrogen (secondary N) is 1. The Morgan fingerprint density at radius 3 is 2.94 bits per heavy atom. The minimum Gasteiger partial charge on any atom is -0.501 e. The fraction of sp³-hybridized carbons (Fsp3) is 0.545. The van der Waals surface area contributed by atoms with Crippen molar-refractivity contribution in [1.82, 2.24) is 15.2 Å². The molecule has 0 bridgehead atoms. The first-order valence-corrected chi connectivity index (χ1v) is 5.49. The van der Waals surface area contributed by atoms with E-state index >= 15 is 0 Å². The molecular formula is C11H18N4O. The largest absolute Gasteiger partial charge is 0.501 e. The van der Waals surface area contributed by atoms with Gasteiger partial charge in [-0.25, -0.2) is 5.43 Å². The molecule has 3 N–H and O–H groups in total. The van der Waals surface area contributed by atoms with Gasteiger partial charge in [0.1, 0.15) is 0 Å². The zero-order valence-electron chi connectivity index (χ0n) is 9.73. The Labute approximate surface area is 95.2 Å². The van der Waals surface area contributed by atoms with Gasteiger partial charge in [-0.2, -0.15) is 5.10 Å². The van der Waals surface area contributed by atoms with Crippen molar-refractivity contribution in [2.75, 3.05) is 6.61 Å². The van der Waals surface area contributed by atoms with Crippen LogP contribution in [-0.2, 0) is 11.8 Å². The zero-order chi connectivity index (χ0) is 11.5. The highest BCUT2D eigenvalue weighted by Gasteiger charge is 2.21. The fourth-order valence-corrected chi connectivity index (χ4v) is 1.99. The minimum absolute atomic E-state index is 0.00833. The second-order valence-electron chi connectivity index (χ2n) is 4.08. The lowest BCUT2D eigenvalue weighted by molar-refractivity contribution is 0.219. The van der Waals surface area contributed by atoms with Crippen molar-refractivity contribution >= 4 is 0 Å². The summed E-state index contributed by atoms with van der Waals surface area (Å²) in [6, 6.07) is 0.00833. The summed E-state index contributed by atoms with van der Waals surface area (Å²) in [6.45, 7) is 2.84. The summed E-state index contributed by atoms with van der Waals surface area (Å²) in [7, 11) is 1.93. The summed E-state index contributed by atoms with van der Waals surface area (Å²) < 4.78 is 7.20. The van der Waals surface area contributed by atoms with Gasteiger partial charge in [-0.1, -0.05) is 0 Å². The first-order chi connectivity index (χ1) is 7.74. The predicted octanol–water partition coefficient (Wildman–Crippen LogP) is 0.927. The molecule has 0 saturated heterocycles. The van der Waals surface area contributed by atoms with Crippen molar-refractivity contribution in [2.45, 2.75) is 25.8 Å². The normalized spacial score (nSPS) is 17.8. The maximum Gasteiger partial charge on any atom is 0.0876 e.